The van der Waals surface area contributed by atoms with E-state index >= 15 is 0 Å². The van der Waals surface area contributed by atoms with Crippen LogP contribution in [-0.4, -0.2) is 19.4 Å². The Morgan fingerprint density at radius 1 is 1.47 bits per heavy atom. The predicted octanol–water partition coefficient (Wildman–Crippen LogP) is 2.54. The highest BCUT2D eigenvalue weighted by molar-refractivity contribution is 5.76. The van der Waals surface area contributed by atoms with Crippen LogP contribution in [0.4, 0.5) is 11.4 Å². The van der Waals surface area contributed by atoms with Crippen molar-refractivity contribution in [3.05, 3.63) is 11.6 Å². The molecule has 94 valence electrons. The van der Waals surface area contributed by atoms with Gasteiger partial charge in [-0.05, 0) is 27.7 Å². The van der Waals surface area contributed by atoms with Crippen molar-refractivity contribution in [1.29, 1.82) is 0 Å². The summed E-state index contributed by atoms with van der Waals surface area (Å²) in [7, 11) is 2.01. The monoisotopic (exact) mass is 236 g/mol. The van der Waals surface area contributed by atoms with E-state index in [1.165, 1.54) is 0 Å². The maximum Gasteiger partial charge on any atom is 0.169 e. The van der Waals surface area contributed by atoms with E-state index in [-0.39, 0.29) is 12.3 Å². The summed E-state index contributed by atoms with van der Waals surface area (Å²) in [5, 5.41) is 0. The summed E-state index contributed by atoms with van der Waals surface area (Å²) < 4.78 is 11.5. The minimum absolute atomic E-state index is 0.0393. The first kappa shape index (κ1) is 11.9. The van der Waals surface area contributed by atoms with Gasteiger partial charge in [-0.1, -0.05) is 0 Å². The molecular weight excluding hydrogens is 216 g/mol. The Labute approximate surface area is 102 Å². The molecule has 17 heavy (non-hydrogen) atoms. The molecule has 1 atom stereocenters. The van der Waals surface area contributed by atoms with Gasteiger partial charge in [-0.3, -0.25) is 0 Å². The van der Waals surface area contributed by atoms with E-state index in [0.29, 0.717) is 5.69 Å². The van der Waals surface area contributed by atoms with Crippen molar-refractivity contribution in [2.45, 2.75) is 40.0 Å². The fourth-order valence-corrected chi connectivity index (χ4v) is 1.97. The van der Waals surface area contributed by atoms with Gasteiger partial charge < -0.3 is 20.1 Å². The van der Waals surface area contributed by atoms with Crippen LogP contribution in [0.15, 0.2) is 6.07 Å². The lowest BCUT2D eigenvalue weighted by molar-refractivity contribution is 0.242. The summed E-state index contributed by atoms with van der Waals surface area (Å²) in [5.41, 5.74) is 8.73. The summed E-state index contributed by atoms with van der Waals surface area (Å²) in [5.74, 6) is 1.61. The van der Waals surface area contributed by atoms with Gasteiger partial charge in [0.15, 0.2) is 12.0 Å². The van der Waals surface area contributed by atoms with Gasteiger partial charge in [-0.25, -0.2) is 0 Å². The van der Waals surface area contributed by atoms with Crippen molar-refractivity contribution in [2.24, 2.45) is 0 Å². The van der Waals surface area contributed by atoms with Crippen LogP contribution in [-0.2, 0) is 0 Å². The molecular formula is C13H20N2O2. The first-order chi connectivity index (χ1) is 7.91. The van der Waals surface area contributed by atoms with Crippen LogP contribution in [0.25, 0.3) is 0 Å². The molecule has 2 N–H and O–H groups in total. The van der Waals surface area contributed by atoms with E-state index in [9.17, 15) is 0 Å². The van der Waals surface area contributed by atoms with E-state index in [1.807, 2.05) is 40.8 Å². The maximum absolute atomic E-state index is 6.07. The van der Waals surface area contributed by atoms with Gasteiger partial charge in [0.05, 0.1) is 17.5 Å². The molecule has 1 heterocycles. The lowest BCUT2D eigenvalue weighted by atomic mass is 10.1. The first-order valence-corrected chi connectivity index (χ1v) is 5.91. The number of fused-ring (bicyclic) bond motifs is 1. The predicted molar refractivity (Wildman–Crippen MR) is 69.8 cm³/mol. The van der Waals surface area contributed by atoms with Crippen LogP contribution in [0, 0.1) is 6.92 Å². The Morgan fingerprint density at radius 3 is 2.71 bits per heavy atom. The SMILES string of the molecule is Cc1c(N)c(OC(C)C)cc2c1O[C@H](C)N2C. The summed E-state index contributed by atoms with van der Waals surface area (Å²) in [6, 6.07) is 1.96. The van der Waals surface area contributed by atoms with Crippen LogP contribution in [0.5, 0.6) is 11.5 Å². The van der Waals surface area contributed by atoms with Crippen LogP contribution in [0.2, 0.25) is 0 Å². The lowest BCUT2D eigenvalue weighted by Crippen LogP contribution is -2.27. The quantitative estimate of drug-likeness (QED) is 0.802. The standard InChI is InChI=1S/C13H20N2O2/c1-7(2)16-11-6-10-13(8(3)12(11)14)17-9(4)15(10)5/h6-7,9H,14H2,1-5H3/t9-/m1/s1. The fourth-order valence-electron chi connectivity index (χ4n) is 1.97. The van der Waals surface area contributed by atoms with E-state index in [4.69, 9.17) is 15.2 Å². The van der Waals surface area contributed by atoms with Crippen LogP contribution in [0.1, 0.15) is 26.3 Å². The third-order valence-electron chi connectivity index (χ3n) is 3.09. The van der Waals surface area contributed by atoms with Crippen molar-refractivity contribution in [3.63, 3.8) is 0 Å². The van der Waals surface area contributed by atoms with E-state index in [2.05, 4.69) is 4.90 Å². The van der Waals surface area contributed by atoms with Crippen molar-refractivity contribution in [2.75, 3.05) is 17.7 Å². The number of hydrogen-bond acceptors (Lipinski definition) is 4. The zero-order valence-corrected chi connectivity index (χ0v) is 11.1. The van der Waals surface area contributed by atoms with Crippen molar-refractivity contribution in [3.8, 4) is 11.5 Å². The van der Waals surface area contributed by atoms with Gasteiger partial charge in [0.2, 0.25) is 0 Å². The van der Waals surface area contributed by atoms with Gasteiger partial charge in [0, 0.05) is 18.7 Å². The normalized spacial score (nSPS) is 18.2. The highest BCUT2D eigenvalue weighted by Crippen LogP contribution is 2.45. The van der Waals surface area contributed by atoms with Crippen molar-refractivity contribution >= 4 is 11.4 Å². The number of nitrogen functional groups attached to an aromatic ring is 1. The minimum Gasteiger partial charge on any atom is -0.489 e. The third-order valence-corrected chi connectivity index (χ3v) is 3.09. The van der Waals surface area contributed by atoms with Crippen LogP contribution >= 0.6 is 0 Å². The maximum atomic E-state index is 6.07. The Morgan fingerprint density at radius 2 is 2.12 bits per heavy atom. The molecule has 1 aromatic carbocycles. The molecule has 0 radical (unpaired) electrons. The van der Waals surface area contributed by atoms with Crippen molar-refractivity contribution < 1.29 is 9.47 Å². The Kier molecular flexibility index (Phi) is 2.81. The molecule has 1 aliphatic heterocycles. The van der Waals surface area contributed by atoms with Crippen molar-refractivity contribution in [1.82, 2.24) is 0 Å². The molecule has 0 spiro atoms. The molecule has 1 aliphatic rings. The number of nitrogens with zero attached hydrogens (tertiary/aromatic N) is 1. The number of nitrogens with two attached hydrogens (primary N) is 1. The smallest absolute Gasteiger partial charge is 0.169 e. The van der Waals surface area contributed by atoms with Crippen LogP contribution in [0.3, 0.4) is 0 Å². The second-order valence-electron chi connectivity index (χ2n) is 4.76. The molecule has 4 nitrogen and oxygen atoms in total. The molecule has 0 saturated carbocycles. The number of anilines is 2. The molecule has 0 unspecified atom stereocenters. The zero-order valence-electron chi connectivity index (χ0n) is 11.1. The number of rotatable bonds is 2. The second-order valence-corrected chi connectivity index (χ2v) is 4.76. The lowest BCUT2D eigenvalue weighted by Gasteiger charge is -2.18. The number of hydrogen-bond donors (Lipinski definition) is 1. The summed E-state index contributed by atoms with van der Waals surface area (Å²) >= 11 is 0. The average molecular weight is 236 g/mol. The number of benzene rings is 1. The first-order valence-electron chi connectivity index (χ1n) is 5.91. The topological polar surface area (TPSA) is 47.7 Å². The molecule has 0 bridgehead atoms. The Hall–Kier alpha value is -1.58. The number of ether oxygens (including phenoxy) is 2. The van der Waals surface area contributed by atoms with Gasteiger partial charge in [0.1, 0.15) is 5.75 Å². The second kappa shape index (κ2) is 4.02. The van der Waals surface area contributed by atoms with E-state index < -0.39 is 0 Å². The summed E-state index contributed by atoms with van der Waals surface area (Å²) in [4.78, 5) is 2.08. The Bertz CT molecular complexity index is 444. The average Bonchev–Trinajstić information content (AvgIpc) is 2.52. The molecule has 2 rings (SSSR count). The van der Waals surface area contributed by atoms with Gasteiger partial charge in [0.25, 0.3) is 0 Å². The fraction of sp³-hybridized carbons (Fsp3) is 0.538. The minimum atomic E-state index is 0.0393. The summed E-state index contributed by atoms with van der Waals surface area (Å²) in [6.07, 6.45) is 0.150. The molecule has 0 amide bonds. The highest BCUT2D eigenvalue weighted by Gasteiger charge is 2.28. The molecule has 1 aromatic rings. The molecule has 4 heteroatoms. The zero-order chi connectivity index (χ0) is 12.7. The molecule has 0 aliphatic carbocycles. The summed E-state index contributed by atoms with van der Waals surface area (Å²) in [6.45, 7) is 7.96. The Balaban J connectivity index is 2.50. The van der Waals surface area contributed by atoms with Gasteiger partial charge in [-0.15, -0.1) is 0 Å². The molecule has 0 aromatic heterocycles. The largest absolute Gasteiger partial charge is 0.489 e. The molecule has 0 fully saturated rings. The van der Waals surface area contributed by atoms with E-state index in [0.717, 1.165) is 22.7 Å². The highest BCUT2D eigenvalue weighted by atomic mass is 16.5. The molecule has 0 saturated heterocycles. The van der Waals surface area contributed by atoms with E-state index in [1.54, 1.807) is 0 Å². The van der Waals surface area contributed by atoms with Crippen LogP contribution < -0.4 is 20.1 Å². The third kappa shape index (κ3) is 1.88. The van der Waals surface area contributed by atoms with Gasteiger partial charge in [-0.2, -0.15) is 0 Å². The van der Waals surface area contributed by atoms with Gasteiger partial charge >= 0.3 is 0 Å².